The molecular weight excluding hydrogens is 484 g/mol. The van der Waals surface area contributed by atoms with Crippen LogP contribution < -0.4 is 5.32 Å². The maximum absolute atomic E-state index is 12.7. The van der Waals surface area contributed by atoms with Crippen LogP contribution in [0.5, 0.6) is 0 Å². The molecule has 0 saturated heterocycles. The molecule has 0 aliphatic rings. The van der Waals surface area contributed by atoms with E-state index in [2.05, 4.69) is 10.3 Å². The van der Waals surface area contributed by atoms with E-state index in [-0.39, 0.29) is 6.54 Å². The summed E-state index contributed by atoms with van der Waals surface area (Å²) in [6, 6.07) is 6.33. The number of carbonyl (C=O) groups excluding carboxylic acids is 1. The first-order valence-corrected chi connectivity index (χ1v) is 11.6. The average Bonchev–Trinajstić information content (AvgIpc) is 2.63. The van der Waals surface area contributed by atoms with E-state index in [1.54, 1.807) is 18.2 Å². The Morgan fingerprint density at radius 1 is 1.13 bits per heavy atom. The molecule has 0 fully saturated rings. The van der Waals surface area contributed by atoms with Crippen LogP contribution in [0.4, 0.5) is 13.2 Å². The zero-order chi connectivity index (χ0) is 22.7. The van der Waals surface area contributed by atoms with Gasteiger partial charge in [-0.15, -0.1) is 11.8 Å². The zero-order valence-electron chi connectivity index (χ0n) is 15.8. The number of alkyl halides is 3. The summed E-state index contributed by atoms with van der Waals surface area (Å²) in [4.78, 5) is 16.7. The fourth-order valence-electron chi connectivity index (χ4n) is 2.25. The number of hydrogen-bond donors (Lipinski definition) is 1. The third kappa shape index (κ3) is 5.81. The van der Waals surface area contributed by atoms with Gasteiger partial charge >= 0.3 is 6.18 Å². The number of sulfone groups is 1. The Hall–Kier alpha value is -1.49. The molecule has 164 valence electrons. The Balaban J connectivity index is 2.03. The smallest absolute Gasteiger partial charge is 0.354 e. The van der Waals surface area contributed by atoms with Crippen LogP contribution in [0.15, 0.2) is 46.5 Å². The van der Waals surface area contributed by atoms with Crippen molar-refractivity contribution in [2.24, 2.45) is 0 Å². The maximum atomic E-state index is 12.7. The first-order chi connectivity index (χ1) is 13.7. The van der Waals surface area contributed by atoms with Crippen molar-refractivity contribution in [3.05, 3.63) is 52.1 Å². The van der Waals surface area contributed by atoms with Crippen LogP contribution in [0, 0.1) is 0 Å². The second kappa shape index (κ2) is 9.33. The molecule has 2 aromatic rings. The fraction of sp³-hybridized carbons (Fsp3) is 0.333. The van der Waals surface area contributed by atoms with E-state index in [9.17, 15) is 26.4 Å². The van der Waals surface area contributed by atoms with E-state index < -0.39 is 37.3 Å². The molecule has 0 aliphatic heterocycles. The Morgan fingerprint density at radius 3 is 2.23 bits per heavy atom. The molecule has 5 nitrogen and oxygen atoms in total. The summed E-state index contributed by atoms with van der Waals surface area (Å²) in [6.07, 6.45) is -4.22. The highest BCUT2D eigenvalue weighted by molar-refractivity contribution is 7.99. The molecular formula is C18H17Cl2F3N2O3S2. The summed E-state index contributed by atoms with van der Waals surface area (Å²) >= 11 is 13.2. The van der Waals surface area contributed by atoms with E-state index in [4.69, 9.17) is 23.2 Å². The highest BCUT2D eigenvalue weighted by Gasteiger charge is 2.44. The van der Waals surface area contributed by atoms with Gasteiger partial charge < -0.3 is 5.32 Å². The van der Waals surface area contributed by atoms with Crippen LogP contribution in [0.25, 0.3) is 0 Å². The molecule has 30 heavy (non-hydrogen) atoms. The lowest BCUT2D eigenvalue weighted by atomic mass is 10.2. The van der Waals surface area contributed by atoms with Gasteiger partial charge in [0.1, 0.15) is 0 Å². The SMILES string of the molecule is CC(C)(C(=O)NCCSc1cc(Cl)cc(Cl)c1)S(=O)(=O)c1ccc(C(F)(F)F)cn1. The largest absolute Gasteiger partial charge is 0.417 e. The predicted octanol–water partition coefficient (Wildman–Crippen LogP) is 4.87. The van der Waals surface area contributed by atoms with Crippen LogP contribution in [0.1, 0.15) is 19.4 Å². The van der Waals surface area contributed by atoms with E-state index in [0.29, 0.717) is 28.1 Å². The molecule has 1 N–H and O–H groups in total. The Bertz CT molecular complexity index is 1010. The van der Waals surface area contributed by atoms with Gasteiger partial charge in [0.25, 0.3) is 0 Å². The van der Waals surface area contributed by atoms with Crippen molar-refractivity contribution in [3.8, 4) is 0 Å². The van der Waals surface area contributed by atoms with Gasteiger partial charge in [0, 0.05) is 33.4 Å². The number of aromatic nitrogens is 1. The van der Waals surface area contributed by atoms with Gasteiger partial charge in [0.2, 0.25) is 15.7 Å². The summed E-state index contributed by atoms with van der Waals surface area (Å²) in [5.41, 5.74) is -1.08. The Kier molecular flexibility index (Phi) is 7.71. The van der Waals surface area contributed by atoms with Crippen LogP contribution in [-0.4, -0.2) is 36.4 Å². The summed E-state index contributed by atoms with van der Waals surface area (Å²) < 4.78 is 61.5. The highest BCUT2D eigenvalue weighted by Crippen LogP contribution is 2.31. The number of carbonyl (C=O) groups is 1. The molecule has 0 unspecified atom stereocenters. The minimum absolute atomic E-state index is 0.146. The first-order valence-electron chi connectivity index (χ1n) is 8.40. The molecule has 12 heteroatoms. The molecule has 0 bridgehead atoms. The van der Waals surface area contributed by atoms with Gasteiger partial charge in [-0.05, 0) is 44.2 Å². The van der Waals surface area contributed by atoms with E-state index in [1.165, 1.54) is 25.6 Å². The number of nitrogens with zero attached hydrogens (tertiary/aromatic N) is 1. The lowest BCUT2D eigenvalue weighted by Gasteiger charge is -2.23. The number of thioether (sulfide) groups is 1. The van der Waals surface area contributed by atoms with E-state index in [1.807, 2.05) is 0 Å². The molecule has 1 amide bonds. The van der Waals surface area contributed by atoms with Gasteiger partial charge in [0.15, 0.2) is 9.77 Å². The minimum Gasteiger partial charge on any atom is -0.354 e. The summed E-state index contributed by atoms with van der Waals surface area (Å²) in [7, 11) is -4.33. The van der Waals surface area contributed by atoms with Crippen LogP contribution in [-0.2, 0) is 20.8 Å². The van der Waals surface area contributed by atoms with Crippen molar-refractivity contribution in [2.75, 3.05) is 12.3 Å². The maximum Gasteiger partial charge on any atom is 0.417 e. The molecule has 0 radical (unpaired) electrons. The standard InChI is InChI=1S/C18H17Cl2F3N2O3S2/c1-17(2,30(27,28)15-4-3-11(10-25-15)18(21,22)23)16(26)24-5-6-29-14-8-12(19)7-13(20)9-14/h3-4,7-10H,5-6H2,1-2H3,(H,24,26). The number of rotatable bonds is 7. The molecule has 0 saturated carbocycles. The van der Waals surface area contributed by atoms with Crippen molar-refractivity contribution >= 4 is 50.7 Å². The normalized spacial score (nSPS) is 12.6. The highest BCUT2D eigenvalue weighted by atomic mass is 35.5. The molecule has 1 aromatic carbocycles. The van der Waals surface area contributed by atoms with Gasteiger partial charge in [-0.25, -0.2) is 13.4 Å². The molecule has 2 rings (SSSR count). The Labute approximate surface area is 186 Å². The summed E-state index contributed by atoms with van der Waals surface area (Å²) in [5.74, 6) is -0.384. The zero-order valence-corrected chi connectivity index (χ0v) is 18.9. The van der Waals surface area contributed by atoms with Gasteiger partial charge in [0.05, 0.1) is 5.56 Å². The topological polar surface area (TPSA) is 76.1 Å². The van der Waals surface area contributed by atoms with Crippen molar-refractivity contribution < 1.29 is 26.4 Å². The summed E-state index contributed by atoms with van der Waals surface area (Å²) in [5, 5.41) is 2.84. The first kappa shape index (κ1) is 24.8. The molecule has 0 atom stereocenters. The fourth-order valence-corrected chi connectivity index (χ4v) is 5.04. The van der Waals surface area contributed by atoms with E-state index in [0.717, 1.165) is 11.0 Å². The number of benzene rings is 1. The number of pyridine rings is 1. The number of halogens is 5. The second-order valence-corrected chi connectivity index (χ2v) is 11.1. The lowest BCUT2D eigenvalue weighted by molar-refractivity contribution is -0.137. The lowest BCUT2D eigenvalue weighted by Crippen LogP contribution is -2.48. The number of hydrogen-bond acceptors (Lipinski definition) is 5. The van der Waals surface area contributed by atoms with Gasteiger partial charge in [-0.2, -0.15) is 13.2 Å². The average molecular weight is 501 g/mol. The Morgan fingerprint density at radius 2 is 1.73 bits per heavy atom. The summed E-state index contributed by atoms with van der Waals surface area (Å²) in [6.45, 7) is 2.48. The van der Waals surface area contributed by atoms with Crippen molar-refractivity contribution in [2.45, 2.75) is 34.7 Å². The van der Waals surface area contributed by atoms with Gasteiger partial charge in [-0.1, -0.05) is 23.2 Å². The third-order valence-electron chi connectivity index (χ3n) is 4.05. The molecule has 1 aromatic heterocycles. The second-order valence-electron chi connectivity index (χ2n) is 6.61. The quantitative estimate of drug-likeness (QED) is 0.433. The molecule has 0 aliphatic carbocycles. The number of amides is 1. The number of nitrogens with one attached hydrogen (secondary N) is 1. The van der Waals surface area contributed by atoms with Crippen LogP contribution in [0.3, 0.4) is 0 Å². The monoisotopic (exact) mass is 500 g/mol. The predicted molar refractivity (Wildman–Crippen MR) is 111 cm³/mol. The van der Waals surface area contributed by atoms with Crippen molar-refractivity contribution in [1.29, 1.82) is 0 Å². The van der Waals surface area contributed by atoms with Crippen LogP contribution in [0.2, 0.25) is 10.0 Å². The van der Waals surface area contributed by atoms with Gasteiger partial charge in [-0.3, -0.25) is 4.79 Å². The van der Waals surface area contributed by atoms with E-state index >= 15 is 0 Å². The van der Waals surface area contributed by atoms with Crippen LogP contribution >= 0.6 is 35.0 Å². The van der Waals surface area contributed by atoms with Crippen molar-refractivity contribution in [1.82, 2.24) is 10.3 Å². The van der Waals surface area contributed by atoms with Crippen molar-refractivity contribution in [3.63, 3.8) is 0 Å². The minimum atomic E-state index is -4.65. The third-order valence-corrected chi connectivity index (χ3v) is 7.78. The molecule has 0 spiro atoms. The molecule has 1 heterocycles.